The molecule has 0 aliphatic carbocycles. The third-order valence-corrected chi connectivity index (χ3v) is 4.53. The minimum atomic E-state index is 0.140. The highest BCUT2D eigenvalue weighted by Gasteiger charge is 2.15. The molecule has 0 saturated carbocycles. The van der Waals surface area contributed by atoms with Crippen LogP contribution in [0.1, 0.15) is 31.9 Å². The number of fused-ring (bicyclic) bond motifs is 1. The molecule has 3 aromatic rings. The molecule has 0 unspecified atom stereocenters. The molecule has 7 nitrogen and oxygen atoms in total. The van der Waals surface area contributed by atoms with Gasteiger partial charge in [-0.1, -0.05) is 13.3 Å². The van der Waals surface area contributed by atoms with E-state index in [-0.39, 0.29) is 18.6 Å². The van der Waals surface area contributed by atoms with E-state index in [1.165, 1.54) is 0 Å². The van der Waals surface area contributed by atoms with Crippen LogP contribution in [-0.2, 0) is 6.54 Å². The summed E-state index contributed by atoms with van der Waals surface area (Å²) in [5.41, 5.74) is 10.4. The quantitative estimate of drug-likeness (QED) is 0.579. The molecule has 0 saturated heterocycles. The van der Waals surface area contributed by atoms with Crippen LogP contribution in [0.5, 0.6) is 0 Å². The third-order valence-electron chi connectivity index (χ3n) is 3.90. The normalized spacial score (nSPS) is 12.6. The van der Waals surface area contributed by atoms with E-state index in [0.717, 1.165) is 29.6 Å². The van der Waals surface area contributed by atoms with Crippen molar-refractivity contribution < 1.29 is 5.11 Å². The molecule has 1 atom stereocenters. The smallest absolute Gasteiger partial charge is 0.222 e. The number of hydrogen-bond acceptors (Lipinski definition) is 7. The summed E-state index contributed by atoms with van der Waals surface area (Å²) in [6.45, 7) is 2.93. The fraction of sp³-hybridized carbons (Fsp3) is 0.438. The molecule has 0 fully saturated rings. The Balaban J connectivity index is 1.97. The fourth-order valence-corrected chi connectivity index (χ4v) is 3.38. The first-order valence-electron chi connectivity index (χ1n) is 8.08. The van der Waals surface area contributed by atoms with Gasteiger partial charge in [0, 0.05) is 24.2 Å². The van der Waals surface area contributed by atoms with E-state index in [0.29, 0.717) is 18.8 Å². The standard InChI is InChI=1S/C16H22N6OS/c1-2-3-11(5-7-23)19-15-14-13(20-16(17)21-15)4-6-22(14)8-12-9-24-10-18-12/h4,6,9-11,23H,2-3,5,7-8H2,1H3,(H3,17,19,20,21)/t11-/m0/s1. The van der Waals surface area contributed by atoms with Crippen molar-refractivity contribution in [2.45, 2.75) is 38.8 Å². The molecular formula is C16H22N6OS. The van der Waals surface area contributed by atoms with E-state index in [4.69, 9.17) is 5.73 Å². The number of nitrogens with one attached hydrogen (secondary N) is 1. The number of nitrogens with zero attached hydrogens (tertiary/aromatic N) is 4. The molecular weight excluding hydrogens is 324 g/mol. The number of aliphatic hydroxyl groups excluding tert-OH is 1. The summed E-state index contributed by atoms with van der Waals surface area (Å²) in [5, 5.41) is 14.8. The van der Waals surface area contributed by atoms with Crippen molar-refractivity contribution in [2.24, 2.45) is 0 Å². The average Bonchev–Trinajstić information content (AvgIpc) is 3.18. The van der Waals surface area contributed by atoms with Crippen molar-refractivity contribution >= 4 is 34.1 Å². The van der Waals surface area contributed by atoms with Crippen LogP contribution in [0.25, 0.3) is 11.0 Å². The fourth-order valence-electron chi connectivity index (χ4n) is 2.83. The molecule has 0 spiro atoms. The van der Waals surface area contributed by atoms with Crippen LogP contribution >= 0.6 is 11.3 Å². The van der Waals surface area contributed by atoms with Crippen LogP contribution < -0.4 is 11.1 Å². The Bertz CT molecular complexity index is 779. The minimum absolute atomic E-state index is 0.140. The molecule has 0 amide bonds. The Morgan fingerprint density at radius 2 is 2.25 bits per heavy atom. The molecule has 3 heterocycles. The van der Waals surface area contributed by atoms with Gasteiger partial charge in [-0.2, -0.15) is 4.98 Å². The Morgan fingerprint density at radius 3 is 2.96 bits per heavy atom. The van der Waals surface area contributed by atoms with Gasteiger partial charge in [0.05, 0.1) is 23.3 Å². The number of nitrogens with two attached hydrogens (primary N) is 1. The molecule has 4 N–H and O–H groups in total. The highest BCUT2D eigenvalue weighted by molar-refractivity contribution is 7.07. The van der Waals surface area contributed by atoms with Gasteiger partial charge in [0.25, 0.3) is 0 Å². The molecule has 3 rings (SSSR count). The molecule has 8 heteroatoms. The van der Waals surface area contributed by atoms with Gasteiger partial charge in [-0.05, 0) is 18.9 Å². The SMILES string of the molecule is CCC[C@@H](CCO)Nc1nc(N)nc2ccn(Cc3cscn3)c12. The van der Waals surface area contributed by atoms with Crippen LogP contribution in [-0.4, -0.2) is 37.3 Å². The molecule has 24 heavy (non-hydrogen) atoms. The van der Waals surface area contributed by atoms with Gasteiger partial charge in [-0.3, -0.25) is 0 Å². The highest BCUT2D eigenvalue weighted by Crippen LogP contribution is 2.25. The van der Waals surface area contributed by atoms with Crippen LogP contribution in [0.3, 0.4) is 0 Å². The zero-order chi connectivity index (χ0) is 16.9. The molecule has 0 radical (unpaired) electrons. The second-order valence-corrected chi connectivity index (χ2v) is 6.45. The lowest BCUT2D eigenvalue weighted by molar-refractivity contribution is 0.276. The number of nitrogen functional groups attached to an aromatic ring is 1. The number of hydrogen-bond donors (Lipinski definition) is 3. The van der Waals surface area contributed by atoms with Crippen molar-refractivity contribution in [3.05, 3.63) is 28.8 Å². The Morgan fingerprint density at radius 1 is 1.38 bits per heavy atom. The van der Waals surface area contributed by atoms with Gasteiger partial charge < -0.3 is 20.7 Å². The van der Waals surface area contributed by atoms with Crippen molar-refractivity contribution in [3.8, 4) is 0 Å². The van der Waals surface area contributed by atoms with E-state index in [2.05, 4.69) is 31.8 Å². The van der Waals surface area contributed by atoms with Gasteiger partial charge >= 0.3 is 0 Å². The maximum Gasteiger partial charge on any atom is 0.222 e. The van der Waals surface area contributed by atoms with Gasteiger partial charge in [-0.25, -0.2) is 9.97 Å². The maximum absolute atomic E-state index is 9.29. The third kappa shape index (κ3) is 3.65. The molecule has 0 aliphatic rings. The first-order chi connectivity index (χ1) is 11.7. The average molecular weight is 346 g/mol. The van der Waals surface area contributed by atoms with Crippen molar-refractivity contribution in [1.29, 1.82) is 0 Å². The van der Waals surface area contributed by atoms with Gasteiger partial charge in [0.1, 0.15) is 5.52 Å². The lowest BCUT2D eigenvalue weighted by Crippen LogP contribution is -2.22. The topological polar surface area (TPSA) is 102 Å². The predicted octanol–water partition coefficient (Wildman–Crippen LogP) is 2.48. The van der Waals surface area contributed by atoms with Gasteiger partial charge in [-0.15, -0.1) is 11.3 Å². The van der Waals surface area contributed by atoms with Crippen LogP contribution in [0.15, 0.2) is 23.2 Å². The Kier molecular flexibility index (Phi) is 5.27. The maximum atomic E-state index is 9.29. The van der Waals surface area contributed by atoms with Crippen LogP contribution in [0.2, 0.25) is 0 Å². The van der Waals surface area contributed by atoms with E-state index in [9.17, 15) is 5.11 Å². The molecule has 0 aromatic carbocycles. The summed E-state index contributed by atoms with van der Waals surface area (Å²) >= 11 is 1.58. The van der Waals surface area contributed by atoms with E-state index >= 15 is 0 Å². The van der Waals surface area contributed by atoms with Crippen molar-refractivity contribution in [3.63, 3.8) is 0 Å². The van der Waals surface area contributed by atoms with Crippen molar-refractivity contribution in [1.82, 2.24) is 19.5 Å². The van der Waals surface area contributed by atoms with Gasteiger partial charge in [0.2, 0.25) is 5.95 Å². The lowest BCUT2D eigenvalue weighted by Gasteiger charge is -2.19. The van der Waals surface area contributed by atoms with Crippen LogP contribution in [0, 0.1) is 0 Å². The number of anilines is 2. The van der Waals surface area contributed by atoms with Crippen LogP contribution in [0.4, 0.5) is 11.8 Å². The summed E-state index contributed by atoms with van der Waals surface area (Å²) in [5.74, 6) is 0.959. The largest absolute Gasteiger partial charge is 0.396 e. The zero-order valence-corrected chi connectivity index (χ0v) is 14.5. The highest BCUT2D eigenvalue weighted by atomic mass is 32.1. The van der Waals surface area contributed by atoms with Gasteiger partial charge in [0.15, 0.2) is 5.82 Å². The first-order valence-corrected chi connectivity index (χ1v) is 9.02. The Hall–Kier alpha value is -2.19. The molecule has 3 aromatic heterocycles. The number of thiazole rings is 1. The molecule has 0 bridgehead atoms. The monoisotopic (exact) mass is 346 g/mol. The predicted molar refractivity (Wildman–Crippen MR) is 97.2 cm³/mol. The summed E-state index contributed by atoms with van der Waals surface area (Å²) in [6, 6.07) is 2.09. The van der Waals surface area contributed by atoms with E-state index in [1.54, 1.807) is 11.3 Å². The van der Waals surface area contributed by atoms with E-state index < -0.39 is 0 Å². The second kappa shape index (κ2) is 7.59. The summed E-state index contributed by atoms with van der Waals surface area (Å²) in [7, 11) is 0. The van der Waals surface area contributed by atoms with E-state index in [1.807, 2.05) is 23.2 Å². The zero-order valence-electron chi connectivity index (χ0n) is 13.6. The van der Waals surface area contributed by atoms with Crippen molar-refractivity contribution in [2.75, 3.05) is 17.7 Å². The first kappa shape index (κ1) is 16.7. The summed E-state index contributed by atoms with van der Waals surface area (Å²) in [4.78, 5) is 13.1. The number of aromatic nitrogens is 4. The lowest BCUT2D eigenvalue weighted by atomic mass is 10.1. The molecule has 0 aliphatic heterocycles. The summed E-state index contributed by atoms with van der Waals surface area (Å²) < 4.78 is 2.08. The Labute approximate surface area is 144 Å². The second-order valence-electron chi connectivity index (χ2n) is 5.73. The molecule has 128 valence electrons. The number of rotatable bonds is 8. The minimum Gasteiger partial charge on any atom is -0.396 e. The summed E-state index contributed by atoms with van der Waals surface area (Å²) in [6.07, 6.45) is 4.64. The number of aliphatic hydroxyl groups is 1.